The van der Waals surface area contributed by atoms with Crippen molar-refractivity contribution in [2.24, 2.45) is 5.73 Å². The van der Waals surface area contributed by atoms with Crippen LogP contribution in [-0.2, 0) is 13.8 Å². The average molecular weight is 363 g/mol. The van der Waals surface area contributed by atoms with Gasteiger partial charge in [0.2, 0.25) is 0 Å². The van der Waals surface area contributed by atoms with Crippen molar-refractivity contribution >= 4 is 13.7 Å². The van der Waals surface area contributed by atoms with Crippen molar-refractivity contribution in [1.82, 2.24) is 0 Å². The van der Waals surface area contributed by atoms with E-state index in [0.29, 0.717) is 0 Å². The lowest BCUT2D eigenvalue weighted by molar-refractivity contribution is -0.765. The highest BCUT2D eigenvalue weighted by Gasteiger charge is 2.37. The zero-order valence-corrected chi connectivity index (χ0v) is 13.5. The van der Waals surface area contributed by atoms with Gasteiger partial charge in [-0.05, 0) is 6.07 Å². The van der Waals surface area contributed by atoms with Gasteiger partial charge in [-0.3, -0.25) is 9.32 Å². The van der Waals surface area contributed by atoms with Crippen LogP contribution in [0.1, 0.15) is 29.4 Å². The summed E-state index contributed by atoms with van der Waals surface area (Å²) >= 11 is 0. The molecule has 1 amide bonds. The summed E-state index contributed by atoms with van der Waals surface area (Å²) in [5.41, 5.74) is 5.45. The Morgan fingerprint density at radius 2 is 2.04 bits per heavy atom. The minimum absolute atomic E-state index is 0.0143. The number of rotatable bonds is 5. The number of primary amides is 1. The van der Waals surface area contributed by atoms with Crippen molar-refractivity contribution in [3.05, 3.63) is 30.1 Å². The van der Waals surface area contributed by atoms with Crippen molar-refractivity contribution in [1.29, 1.82) is 0 Å². The van der Waals surface area contributed by atoms with Crippen LogP contribution in [0.2, 0.25) is 0 Å². The standard InChI is InChI=1S/C13H19N2O8P/c14-13(18)8-2-1-3-15(6-8)12-5-11(17)10(16)4-9(23-12)7-22-24(19,20)21/h1-3,6,9-12,16-17H,4-5,7H2,(H3-,14,18,19,20,21)/p+1/t9-,10-,11+,12+/m0/s1. The first-order valence-corrected chi connectivity index (χ1v) is 8.71. The van der Waals surface area contributed by atoms with E-state index in [9.17, 15) is 19.6 Å². The van der Waals surface area contributed by atoms with Crippen molar-refractivity contribution < 1.29 is 43.2 Å². The van der Waals surface area contributed by atoms with Crippen LogP contribution in [0.15, 0.2) is 24.5 Å². The van der Waals surface area contributed by atoms with Gasteiger partial charge < -0.3 is 30.5 Å². The number of pyridine rings is 1. The number of phosphoric ester groups is 1. The monoisotopic (exact) mass is 363 g/mol. The molecule has 0 aliphatic carbocycles. The molecule has 24 heavy (non-hydrogen) atoms. The summed E-state index contributed by atoms with van der Waals surface area (Å²) in [5, 5.41) is 19.9. The highest BCUT2D eigenvalue weighted by atomic mass is 31.2. The molecule has 11 heteroatoms. The Morgan fingerprint density at radius 3 is 2.67 bits per heavy atom. The summed E-state index contributed by atoms with van der Waals surface area (Å²) in [7, 11) is -4.69. The van der Waals surface area contributed by atoms with Crippen LogP contribution in [0.25, 0.3) is 0 Å². The lowest BCUT2D eigenvalue weighted by Crippen LogP contribution is -2.44. The number of hydrogen-bond acceptors (Lipinski definition) is 6. The minimum atomic E-state index is -4.69. The summed E-state index contributed by atoms with van der Waals surface area (Å²) in [6.07, 6.45) is -0.920. The summed E-state index contributed by atoms with van der Waals surface area (Å²) in [4.78, 5) is 28.8. The van der Waals surface area contributed by atoms with Gasteiger partial charge in [0.15, 0.2) is 12.4 Å². The first-order chi connectivity index (χ1) is 11.2. The number of amides is 1. The third-order valence-corrected chi connectivity index (χ3v) is 4.09. The predicted molar refractivity (Wildman–Crippen MR) is 78.3 cm³/mol. The van der Waals surface area contributed by atoms with E-state index in [1.807, 2.05) is 0 Å². The van der Waals surface area contributed by atoms with Gasteiger partial charge in [0.25, 0.3) is 12.1 Å². The van der Waals surface area contributed by atoms with Crippen LogP contribution < -0.4 is 10.3 Å². The third kappa shape index (κ3) is 5.32. The fourth-order valence-corrected chi connectivity index (χ4v) is 2.78. The van der Waals surface area contributed by atoms with E-state index < -0.39 is 44.9 Å². The molecule has 1 aliphatic heterocycles. The van der Waals surface area contributed by atoms with Crippen LogP contribution in [0, 0.1) is 0 Å². The second-order valence-corrected chi connectivity index (χ2v) is 6.75. The lowest BCUT2D eigenvalue weighted by Gasteiger charge is -2.19. The molecule has 1 fully saturated rings. The number of carbonyl (C=O) groups is 1. The lowest BCUT2D eigenvalue weighted by atomic mass is 10.1. The van der Waals surface area contributed by atoms with E-state index in [-0.39, 0.29) is 18.4 Å². The van der Waals surface area contributed by atoms with Gasteiger partial charge in [-0.25, -0.2) is 4.57 Å². The van der Waals surface area contributed by atoms with E-state index in [4.69, 9.17) is 20.3 Å². The third-order valence-electron chi connectivity index (χ3n) is 3.61. The molecule has 0 saturated carbocycles. The fourth-order valence-electron chi connectivity index (χ4n) is 2.42. The second-order valence-electron chi connectivity index (χ2n) is 5.51. The van der Waals surface area contributed by atoms with Gasteiger partial charge in [0.1, 0.15) is 5.56 Å². The Hall–Kier alpha value is -1.39. The first-order valence-electron chi connectivity index (χ1n) is 7.18. The summed E-state index contributed by atoms with van der Waals surface area (Å²) in [6, 6.07) is 3.08. The molecule has 0 aromatic carbocycles. The summed E-state index contributed by atoms with van der Waals surface area (Å²) in [5.74, 6) is -0.639. The normalized spacial score (nSPS) is 28.3. The Morgan fingerprint density at radius 1 is 1.38 bits per heavy atom. The number of carbonyl (C=O) groups excluding carboxylic acids is 1. The van der Waals surface area contributed by atoms with Crippen molar-refractivity contribution in [2.75, 3.05) is 6.61 Å². The number of ether oxygens (including phenoxy) is 1. The number of hydrogen-bond donors (Lipinski definition) is 5. The maximum absolute atomic E-state index is 11.3. The van der Waals surface area contributed by atoms with E-state index in [2.05, 4.69) is 4.52 Å². The first kappa shape index (κ1) is 18.9. The Balaban J connectivity index is 2.19. The number of nitrogens with zero attached hydrogens (tertiary/aromatic N) is 1. The Bertz CT molecular complexity index is 636. The fraction of sp³-hybridized carbons (Fsp3) is 0.538. The molecule has 1 aromatic heterocycles. The number of aliphatic hydroxyl groups excluding tert-OH is 2. The van der Waals surface area contributed by atoms with Crippen LogP contribution in [0.5, 0.6) is 0 Å². The quantitative estimate of drug-likeness (QED) is 0.314. The molecule has 134 valence electrons. The van der Waals surface area contributed by atoms with Crippen LogP contribution in [0.3, 0.4) is 0 Å². The molecule has 6 N–H and O–H groups in total. The van der Waals surface area contributed by atoms with Crippen molar-refractivity contribution in [3.63, 3.8) is 0 Å². The number of phosphoric acid groups is 1. The van der Waals surface area contributed by atoms with E-state index in [0.717, 1.165) is 0 Å². The molecule has 0 radical (unpaired) electrons. The second kappa shape index (κ2) is 7.66. The van der Waals surface area contributed by atoms with Gasteiger partial charge in [0.05, 0.1) is 31.3 Å². The highest BCUT2D eigenvalue weighted by molar-refractivity contribution is 7.46. The molecule has 2 rings (SSSR count). The highest BCUT2D eigenvalue weighted by Crippen LogP contribution is 2.37. The maximum atomic E-state index is 11.3. The minimum Gasteiger partial charge on any atom is -0.390 e. The molecule has 2 heterocycles. The van der Waals surface area contributed by atoms with Crippen molar-refractivity contribution in [3.8, 4) is 0 Å². The van der Waals surface area contributed by atoms with Crippen LogP contribution in [0.4, 0.5) is 0 Å². The van der Waals surface area contributed by atoms with Gasteiger partial charge in [0, 0.05) is 12.5 Å². The molecule has 10 nitrogen and oxygen atoms in total. The molecule has 1 aromatic rings. The average Bonchev–Trinajstić information content (AvgIpc) is 2.64. The van der Waals surface area contributed by atoms with Crippen LogP contribution >= 0.6 is 7.82 Å². The zero-order valence-electron chi connectivity index (χ0n) is 12.6. The smallest absolute Gasteiger partial charge is 0.390 e. The molecule has 0 bridgehead atoms. The molecule has 0 spiro atoms. The number of aromatic nitrogens is 1. The molecular weight excluding hydrogens is 343 g/mol. The van der Waals surface area contributed by atoms with Gasteiger partial charge in [-0.15, -0.1) is 0 Å². The predicted octanol–water partition coefficient (Wildman–Crippen LogP) is -1.42. The van der Waals surface area contributed by atoms with Crippen molar-refractivity contribution in [2.45, 2.75) is 37.4 Å². The SMILES string of the molecule is NC(=O)c1ccc[n+]([C@H]2C[C@@H](O)[C@@H](O)C[C@@H](COP(=O)(O)O)O2)c1. The maximum Gasteiger partial charge on any atom is 0.469 e. The summed E-state index contributed by atoms with van der Waals surface area (Å²) < 4.78 is 22.4. The molecular formula is C13H20N2O8P+. The number of nitrogens with two attached hydrogens (primary N) is 1. The topological polar surface area (TPSA) is 163 Å². The Kier molecular flexibility index (Phi) is 6.05. The van der Waals surface area contributed by atoms with E-state index >= 15 is 0 Å². The zero-order chi connectivity index (χ0) is 17.9. The molecule has 1 saturated heterocycles. The Labute approximate surface area is 137 Å². The molecule has 4 atom stereocenters. The molecule has 1 aliphatic rings. The molecule has 0 unspecified atom stereocenters. The van der Waals surface area contributed by atoms with Gasteiger partial charge in [-0.1, -0.05) is 0 Å². The van der Waals surface area contributed by atoms with E-state index in [1.165, 1.54) is 16.8 Å². The summed E-state index contributed by atoms with van der Waals surface area (Å²) in [6.45, 7) is -0.458. The number of aliphatic hydroxyl groups is 2. The van der Waals surface area contributed by atoms with Crippen LogP contribution in [-0.4, -0.2) is 50.8 Å². The van der Waals surface area contributed by atoms with Gasteiger partial charge in [-0.2, -0.15) is 4.57 Å². The van der Waals surface area contributed by atoms with E-state index in [1.54, 1.807) is 12.3 Å². The largest absolute Gasteiger partial charge is 0.469 e. The van der Waals surface area contributed by atoms with Gasteiger partial charge >= 0.3 is 7.82 Å².